The van der Waals surface area contributed by atoms with Crippen LogP contribution in [0.1, 0.15) is 6.42 Å². The van der Waals surface area contributed by atoms with E-state index in [2.05, 4.69) is 10.1 Å². The Labute approximate surface area is 108 Å². The zero-order valence-corrected chi connectivity index (χ0v) is 10.2. The lowest BCUT2D eigenvalue weighted by molar-refractivity contribution is 0.445. The first kappa shape index (κ1) is 12.1. The molecule has 8 heteroatoms. The molecule has 0 radical (unpaired) electrons. The Morgan fingerprint density at radius 3 is 2.68 bits per heavy atom. The molecule has 1 aromatic heterocycles. The molecule has 0 fully saturated rings. The van der Waals surface area contributed by atoms with E-state index >= 15 is 0 Å². The Morgan fingerprint density at radius 2 is 1.89 bits per heavy atom. The number of hydrogen-bond donors (Lipinski definition) is 0. The van der Waals surface area contributed by atoms with Crippen LogP contribution in [0.4, 0.5) is 24.8 Å². The second-order valence-corrected chi connectivity index (χ2v) is 4.38. The van der Waals surface area contributed by atoms with Crippen molar-refractivity contribution in [2.24, 2.45) is 0 Å². The molecule has 0 atom stereocenters. The summed E-state index contributed by atoms with van der Waals surface area (Å²) in [5, 5.41) is 4.17. The lowest BCUT2D eigenvalue weighted by Gasteiger charge is -2.28. The molecule has 0 saturated carbocycles. The third-order valence-electron chi connectivity index (χ3n) is 3.06. The van der Waals surface area contributed by atoms with Gasteiger partial charge in [0.05, 0.1) is 5.69 Å². The molecule has 3 rings (SSSR count). The quantitative estimate of drug-likeness (QED) is 0.556. The number of aromatic nitrogens is 3. The average molecular weight is 266 g/mol. The van der Waals surface area contributed by atoms with E-state index in [1.807, 2.05) is 0 Å². The van der Waals surface area contributed by atoms with Crippen LogP contribution < -0.4 is 10.6 Å². The van der Waals surface area contributed by atoms with E-state index < -0.39 is 17.5 Å². The van der Waals surface area contributed by atoms with Crippen molar-refractivity contribution in [2.45, 2.75) is 13.0 Å². The number of rotatable bonds is 1. The third kappa shape index (κ3) is 1.87. The number of fused-ring (bicyclic) bond motifs is 1. The molecule has 0 saturated heterocycles. The van der Waals surface area contributed by atoms with Crippen LogP contribution in [-0.4, -0.2) is 29.2 Å². The number of nitrogens with zero attached hydrogens (tertiary/aromatic N) is 4. The van der Waals surface area contributed by atoms with Gasteiger partial charge in [0.25, 0.3) is 0 Å². The maximum absolute atomic E-state index is 13.8. The van der Waals surface area contributed by atoms with Gasteiger partial charge in [0.15, 0.2) is 25.3 Å². The maximum atomic E-state index is 13.8. The van der Waals surface area contributed by atoms with Crippen LogP contribution in [0.15, 0.2) is 12.1 Å². The highest BCUT2D eigenvalue weighted by atomic mass is 19.2. The van der Waals surface area contributed by atoms with Crippen molar-refractivity contribution >= 4 is 25.2 Å². The first-order valence-corrected chi connectivity index (χ1v) is 5.90. The summed E-state index contributed by atoms with van der Waals surface area (Å²) in [6, 6.07) is 2.13. The SMILES string of the molecule is Bc1nc2n(n1)CCCN2c1ccc(F)c(F)c1F. The number of halogens is 3. The standard InChI is InChI=1S/C11H10BF3N4/c12-10-16-11-18(4-1-5-19(11)17-10)7-3-2-6(13)8(14)9(7)15/h2-3H,1,4-5,12H2. The van der Waals surface area contributed by atoms with Crippen LogP contribution in [0, 0.1) is 17.5 Å². The molecule has 0 aliphatic carbocycles. The summed E-state index contributed by atoms with van der Waals surface area (Å²) in [4.78, 5) is 5.71. The highest BCUT2D eigenvalue weighted by Crippen LogP contribution is 2.30. The summed E-state index contributed by atoms with van der Waals surface area (Å²) in [5.74, 6) is -3.41. The van der Waals surface area contributed by atoms with Crippen LogP contribution in [-0.2, 0) is 6.54 Å². The van der Waals surface area contributed by atoms with Gasteiger partial charge in [-0.25, -0.2) is 22.8 Å². The minimum atomic E-state index is -1.47. The van der Waals surface area contributed by atoms with Crippen molar-refractivity contribution in [1.82, 2.24) is 14.8 Å². The van der Waals surface area contributed by atoms with Crippen LogP contribution in [0.2, 0.25) is 0 Å². The minimum Gasteiger partial charge on any atom is -0.308 e. The van der Waals surface area contributed by atoms with Crippen molar-refractivity contribution in [2.75, 3.05) is 11.4 Å². The first-order valence-electron chi connectivity index (χ1n) is 5.90. The summed E-state index contributed by atoms with van der Waals surface area (Å²) < 4.78 is 41.7. The van der Waals surface area contributed by atoms with Crippen molar-refractivity contribution in [3.63, 3.8) is 0 Å². The van der Waals surface area contributed by atoms with E-state index in [-0.39, 0.29) is 5.69 Å². The molecular weight excluding hydrogens is 256 g/mol. The van der Waals surface area contributed by atoms with Gasteiger partial charge in [-0.3, -0.25) is 0 Å². The molecule has 2 heterocycles. The van der Waals surface area contributed by atoms with Gasteiger partial charge in [-0.1, -0.05) is 0 Å². The molecule has 1 aliphatic rings. The van der Waals surface area contributed by atoms with E-state index in [0.717, 1.165) is 12.5 Å². The van der Waals surface area contributed by atoms with Crippen molar-refractivity contribution in [3.05, 3.63) is 29.6 Å². The first-order chi connectivity index (χ1) is 9.08. The predicted octanol–water partition coefficient (Wildman–Crippen LogP) is 0.496. The normalized spacial score (nSPS) is 14.6. The predicted molar refractivity (Wildman–Crippen MR) is 66.1 cm³/mol. The maximum Gasteiger partial charge on any atom is 0.227 e. The molecule has 0 unspecified atom stereocenters. The zero-order valence-electron chi connectivity index (χ0n) is 10.2. The highest BCUT2D eigenvalue weighted by molar-refractivity contribution is 6.29. The summed E-state index contributed by atoms with van der Waals surface area (Å²) in [6.45, 7) is 1.16. The van der Waals surface area contributed by atoms with Gasteiger partial charge in [-0.2, -0.15) is 5.10 Å². The summed E-state index contributed by atoms with van der Waals surface area (Å²) in [7, 11) is 1.73. The van der Waals surface area contributed by atoms with Crippen LogP contribution in [0.5, 0.6) is 0 Å². The Bertz CT molecular complexity index is 643. The molecule has 1 aliphatic heterocycles. The molecule has 4 nitrogen and oxygen atoms in total. The van der Waals surface area contributed by atoms with E-state index in [9.17, 15) is 13.2 Å². The zero-order chi connectivity index (χ0) is 13.6. The number of benzene rings is 1. The van der Waals surface area contributed by atoms with E-state index in [0.29, 0.717) is 24.8 Å². The smallest absolute Gasteiger partial charge is 0.227 e. The van der Waals surface area contributed by atoms with Crippen molar-refractivity contribution in [3.8, 4) is 0 Å². The summed E-state index contributed by atoms with van der Waals surface area (Å²) in [6.07, 6.45) is 0.730. The van der Waals surface area contributed by atoms with E-state index in [4.69, 9.17) is 0 Å². The minimum absolute atomic E-state index is 0.0211. The highest BCUT2D eigenvalue weighted by Gasteiger charge is 2.26. The fraction of sp³-hybridized carbons (Fsp3) is 0.273. The lowest BCUT2D eigenvalue weighted by atomic mass is 10.1. The van der Waals surface area contributed by atoms with Crippen molar-refractivity contribution < 1.29 is 13.2 Å². The molecule has 2 aromatic rings. The molecular formula is C11H10BF3N4. The van der Waals surface area contributed by atoms with E-state index in [1.165, 1.54) is 11.0 Å². The van der Waals surface area contributed by atoms with Gasteiger partial charge in [-0.05, 0) is 18.6 Å². The Hall–Kier alpha value is -1.99. The second kappa shape index (κ2) is 4.29. The van der Waals surface area contributed by atoms with E-state index in [1.54, 1.807) is 12.5 Å². The third-order valence-corrected chi connectivity index (χ3v) is 3.06. The van der Waals surface area contributed by atoms with Gasteiger partial charge in [0, 0.05) is 13.1 Å². The Kier molecular flexibility index (Phi) is 2.72. The van der Waals surface area contributed by atoms with Gasteiger partial charge >= 0.3 is 0 Å². The Balaban J connectivity index is 2.11. The lowest BCUT2D eigenvalue weighted by Crippen LogP contribution is -2.29. The summed E-state index contributed by atoms with van der Waals surface area (Å²) >= 11 is 0. The van der Waals surface area contributed by atoms with Gasteiger partial charge < -0.3 is 4.90 Å². The molecule has 19 heavy (non-hydrogen) atoms. The molecule has 0 N–H and O–H groups in total. The second-order valence-electron chi connectivity index (χ2n) is 4.38. The average Bonchev–Trinajstić information content (AvgIpc) is 2.76. The molecule has 1 aromatic carbocycles. The molecule has 0 bridgehead atoms. The number of hydrogen-bond acceptors (Lipinski definition) is 3. The fourth-order valence-electron chi connectivity index (χ4n) is 2.22. The van der Waals surface area contributed by atoms with Crippen LogP contribution >= 0.6 is 0 Å². The van der Waals surface area contributed by atoms with Gasteiger partial charge in [0.2, 0.25) is 5.95 Å². The van der Waals surface area contributed by atoms with Crippen LogP contribution in [0.25, 0.3) is 0 Å². The monoisotopic (exact) mass is 266 g/mol. The largest absolute Gasteiger partial charge is 0.308 e. The molecule has 98 valence electrons. The number of aryl methyl sites for hydroxylation is 1. The van der Waals surface area contributed by atoms with Gasteiger partial charge in [-0.15, -0.1) is 0 Å². The summed E-state index contributed by atoms with van der Waals surface area (Å²) in [5.41, 5.74) is 0.539. The molecule has 0 amide bonds. The fourth-order valence-corrected chi connectivity index (χ4v) is 2.22. The van der Waals surface area contributed by atoms with Gasteiger partial charge in [0.1, 0.15) is 5.72 Å². The Morgan fingerprint density at radius 1 is 1.11 bits per heavy atom. The van der Waals surface area contributed by atoms with Crippen molar-refractivity contribution in [1.29, 1.82) is 0 Å². The van der Waals surface area contributed by atoms with Crippen LogP contribution in [0.3, 0.4) is 0 Å². The number of anilines is 2. The topological polar surface area (TPSA) is 34.0 Å². The molecule has 0 spiro atoms.